The number of hydrogen-bond donors (Lipinski definition) is 2. The summed E-state index contributed by atoms with van der Waals surface area (Å²) in [4.78, 5) is 19.5. The summed E-state index contributed by atoms with van der Waals surface area (Å²) < 4.78 is 0. The number of aromatic nitrogens is 2. The largest absolute Gasteiger partial charge is 0.366 e. The summed E-state index contributed by atoms with van der Waals surface area (Å²) in [5, 5.41) is 2.54. The number of H-pyrrole nitrogens is 1. The van der Waals surface area contributed by atoms with Gasteiger partial charge in [-0.3, -0.25) is 9.78 Å². The number of fused-ring (bicyclic) bond motifs is 5. The third kappa shape index (κ3) is 2.22. The van der Waals surface area contributed by atoms with Gasteiger partial charge in [-0.2, -0.15) is 0 Å². The lowest BCUT2D eigenvalue weighted by molar-refractivity contribution is 0.100. The summed E-state index contributed by atoms with van der Waals surface area (Å²) in [6.45, 7) is 0. The topological polar surface area (TPSA) is 71.8 Å². The maximum Gasteiger partial charge on any atom is 0.248 e. The van der Waals surface area contributed by atoms with Gasteiger partial charge in [0.1, 0.15) is 0 Å². The average Bonchev–Trinajstić information content (AvgIpc) is 3.16. The van der Waals surface area contributed by atoms with Gasteiger partial charge in [-0.1, -0.05) is 12.1 Å². The molecule has 0 radical (unpaired) electrons. The Morgan fingerprint density at radius 2 is 1.73 bits per heavy atom. The van der Waals surface area contributed by atoms with Crippen molar-refractivity contribution in [1.82, 2.24) is 9.97 Å². The fraction of sp³-hybridized carbons (Fsp3) is 0.182. The van der Waals surface area contributed by atoms with E-state index in [2.05, 4.69) is 28.2 Å². The normalized spacial score (nSPS) is 13.8. The van der Waals surface area contributed by atoms with Crippen LogP contribution in [0.5, 0.6) is 0 Å². The van der Waals surface area contributed by atoms with Crippen molar-refractivity contribution in [2.24, 2.45) is 5.73 Å². The number of carbonyl (C=O) groups is 1. The molecule has 0 saturated heterocycles. The lowest BCUT2D eigenvalue weighted by atomic mass is 9.85. The number of nitrogens with one attached hydrogen (secondary N) is 1. The number of rotatable bonds is 2. The van der Waals surface area contributed by atoms with Crippen molar-refractivity contribution in [3.8, 4) is 11.3 Å². The molecule has 0 aliphatic heterocycles. The molecule has 1 aliphatic rings. The first kappa shape index (κ1) is 15.1. The Labute approximate surface area is 151 Å². The Kier molecular flexibility index (Phi) is 3.32. The Balaban J connectivity index is 1.80. The molecule has 3 N–H and O–H groups in total. The number of hydrogen-bond acceptors (Lipinski definition) is 2. The summed E-state index contributed by atoms with van der Waals surface area (Å²) in [6, 6.07) is 13.9. The van der Waals surface area contributed by atoms with E-state index in [-0.39, 0.29) is 0 Å². The highest BCUT2D eigenvalue weighted by atomic mass is 16.1. The minimum absolute atomic E-state index is 0.396. The molecular formula is C22H19N3O. The van der Waals surface area contributed by atoms with E-state index in [4.69, 9.17) is 5.73 Å². The lowest BCUT2D eigenvalue weighted by Gasteiger charge is -2.23. The SMILES string of the molecule is NC(=O)c1ccc(-c2[nH]c3ccc4nccc4c3c3c2CCCC3)cc1. The maximum absolute atomic E-state index is 11.4. The molecule has 2 aromatic heterocycles. The van der Waals surface area contributed by atoms with Crippen LogP contribution in [0.2, 0.25) is 0 Å². The quantitative estimate of drug-likeness (QED) is 0.568. The molecule has 4 nitrogen and oxygen atoms in total. The number of carbonyl (C=O) groups excluding carboxylic acids is 1. The molecule has 2 heterocycles. The molecule has 1 amide bonds. The van der Waals surface area contributed by atoms with Crippen LogP contribution in [0.3, 0.4) is 0 Å². The number of aryl methyl sites for hydroxylation is 1. The number of pyridine rings is 1. The monoisotopic (exact) mass is 341 g/mol. The van der Waals surface area contributed by atoms with Gasteiger partial charge in [0.15, 0.2) is 0 Å². The van der Waals surface area contributed by atoms with Crippen LogP contribution in [0, 0.1) is 0 Å². The predicted molar refractivity (Wildman–Crippen MR) is 104 cm³/mol. The second kappa shape index (κ2) is 5.70. The van der Waals surface area contributed by atoms with Gasteiger partial charge in [0, 0.05) is 33.7 Å². The molecule has 0 bridgehead atoms. The fourth-order valence-corrected chi connectivity index (χ4v) is 4.23. The van der Waals surface area contributed by atoms with E-state index in [0.717, 1.165) is 35.1 Å². The van der Waals surface area contributed by atoms with Crippen LogP contribution in [0.1, 0.15) is 34.3 Å². The van der Waals surface area contributed by atoms with Gasteiger partial charge in [0.05, 0.1) is 5.52 Å². The van der Waals surface area contributed by atoms with Crippen LogP contribution in [0.25, 0.3) is 33.1 Å². The predicted octanol–water partition coefficient (Wildman–Crippen LogP) is 4.36. The van der Waals surface area contributed by atoms with Gasteiger partial charge in [-0.05, 0) is 72.7 Å². The zero-order valence-corrected chi connectivity index (χ0v) is 14.4. The second-order valence-electron chi connectivity index (χ2n) is 6.97. The summed E-state index contributed by atoms with van der Waals surface area (Å²) in [5.41, 5.74) is 13.2. The molecular weight excluding hydrogens is 322 g/mol. The van der Waals surface area contributed by atoms with Crippen molar-refractivity contribution >= 4 is 27.7 Å². The zero-order chi connectivity index (χ0) is 17.7. The van der Waals surface area contributed by atoms with Crippen molar-refractivity contribution in [3.05, 3.63) is 65.4 Å². The Morgan fingerprint density at radius 1 is 0.962 bits per heavy atom. The van der Waals surface area contributed by atoms with Crippen LogP contribution in [0.15, 0.2) is 48.7 Å². The van der Waals surface area contributed by atoms with E-state index < -0.39 is 5.91 Å². The minimum Gasteiger partial charge on any atom is -0.366 e. The van der Waals surface area contributed by atoms with E-state index in [1.807, 2.05) is 18.3 Å². The molecule has 4 heteroatoms. The van der Waals surface area contributed by atoms with Crippen molar-refractivity contribution in [3.63, 3.8) is 0 Å². The third-order valence-electron chi connectivity index (χ3n) is 5.47. The lowest BCUT2D eigenvalue weighted by Crippen LogP contribution is -2.11. The molecule has 0 atom stereocenters. The number of primary amides is 1. The van der Waals surface area contributed by atoms with Gasteiger partial charge in [0.25, 0.3) is 0 Å². The first-order valence-electron chi connectivity index (χ1n) is 9.04. The summed E-state index contributed by atoms with van der Waals surface area (Å²) >= 11 is 0. The molecule has 0 saturated carbocycles. The fourth-order valence-electron chi connectivity index (χ4n) is 4.23. The number of amides is 1. The number of nitrogens with zero attached hydrogens (tertiary/aromatic N) is 1. The van der Waals surface area contributed by atoms with Gasteiger partial charge in [0.2, 0.25) is 5.91 Å². The van der Waals surface area contributed by atoms with Crippen LogP contribution < -0.4 is 5.73 Å². The number of nitrogens with two attached hydrogens (primary N) is 1. The van der Waals surface area contributed by atoms with Crippen molar-refractivity contribution in [1.29, 1.82) is 0 Å². The molecule has 4 aromatic rings. The molecule has 0 fully saturated rings. The van der Waals surface area contributed by atoms with Crippen LogP contribution in [-0.4, -0.2) is 15.9 Å². The van der Waals surface area contributed by atoms with Gasteiger partial charge in [-0.25, -0.2) is 0 Å². The van der Waals surface area contributed by atoms with Crippen molar-refractivity contribution in [2.45, 2.75) is 25.7 Å². The smallest absolute Gasteiger partial charge is 0.248 e. The molecule has 2 aromatic carbocycles. The first-order valence-corrected chi connectivity index (χ1v) is 9.04. The van der Waals surface area contributed by atoms with Crippen molar-refractivity contribution < 1.29 is 4.79 Å². The first-order chi connectivity index (χ1) is 12.7. The zero-order valence-electron chi connectivity index (χ0n) is 14.4. The van der Waals surface area contributed by atoms with Crippen LogP contribution in [-0.2, 0) is 12.8 Å². The number of aromatic amines is 1. The second-order valence-corrected chi connectivity index (χ2v) is 6.97. The average molecular weight is 341 g/mol. The Bertz CT molecular complexity index is 1160. The van der Waals surface area contributed by atoms with E-state index in [1.165, 1.54) is 34.7 Å². The third-order valence-corrected chi connectivity index (χ3v) is 5.47. The van der Waals surface area contributed by atoms with E-state index in [9.17, 15) is 4.79 Å². The molecule has 1 aliphatic carbocycles. The van der Waals surface area contributed by atoms with Gasteiger partial charge in [-0.15, -0.1) is 0 Å². The standard InChI is InChI=1S/C22H19N3O/c23-22(26)14-7-5-13(6-8-14)21-16-4-2-1-3-15(16)20-17-11-12-24-18(17)9-10-19(20)25-21/h5-12,25H,1-4H2,(H2,23,26). The molecule has 26 heavy (non-hydrogen) atoms. The Hall–Kier alpha value is -3.14. The highest BCUT2D eigenvalue weighted by Gasteiger charge is 2.20. The highest BCUT2D eigenvalue weighted by Crippen LogP contribution is 2.37. The Morgan fingerprint density at radius 3 is 2.50 bits per heavy atom. The molecule has 0 spiro atoms. The summed E-state index contributed by atoms with van der Waals surface area (Å²) in [5.74, 6) is -0.396. The minimum atomic E-state index is -0.396. The highest BCUT2D eigenvalue weighted by molar-refractivity contribution is 6.08. The van der Waals surface area contributed by atoms with E-state index in [1.54, 1.807) is 12.1 Å². The van der Waals surface area contributed by atoms with Gasteiger partial charge < -0.3 is 10.7 Å². The summed E-state index contributed by atoms with van der Waals surface area (Å²) in [6.07, 6.45) is 6.47. The van der Waals surface area contributed by atoms with Crippen LogP contribution in [0.4, 0.5) is 0 Å². The van der Waals surface area contributed by atoms with Gasteiger partial charge >= 0.3 is 0 Å². The molecule has 5 rings (SSSR count). The van der Waals surface area contributed by atoms with Crippen molar-refractivity contribution in [2.75, 3.05) is 0 Å². The van der Waals surface area contributed by atoms with E-state index in [0.29, 0.717) is 5.56 Å². The van der Waals surface area contributed by atoms with E-state index >= 15 is 0 Å². The van der Waals surface area contributed by atoms with Crippen LogP contribution >= 0.6 is 0 Å². The molecule has 0 unspecified atom stereocenters. The summed E-state index contributed by atoms with van der Waals surface area (Å²) in [7, 11) is 0. The molecule has 128 valence electrons. The number of benzene rings is 2. The maximum atomic E-state index is 11.4.